The van der Waals surface area contributed by atoms with Crippen molar-refractivity contribution in [2.24, 2.45) is 0 Å². The van der Waals surface area contributed by atoms with E-state index in [1.54, 1.807) is 19.2 Å². The van der Waals surface area contributed by atoms with Crippen molar-refractivity contribution in [3.63, 3.8) is 0 Å². The van der Waals surface area contributed by atoms with Gasteiger partial charge >= 0.3 is 0 Å². The highest BCUT2D eigenvalue weighted by Crippen LogP contribution is 2.33. The summed E-state index contributed by atoms with van der Waals surface area (Å²) in [4.78, 5) is 13.0. The Hall–Kier alpha value is -1.14. The SMILES string of the molecule is CCC(CC)N(CCOC)c1ccc(Br)cc1[N+](=O)[O-]. The summed E-state index contributed by atoms with van der Waals surface area (Å²) < 4.78 is 5.85. The zero-order valence-corrected chi connectivity index (χ0v) is 13.7. The summed E-state index contributed by atoms with van der Waals surface area (Å²) in [6.07, 6.45) is 1.88. The Bertz CT molecular complexity index is 450. The van der Waals surface area contributed by atoms with Gasteiger partial charge in [-0.3, -0.25) is 10.1 Å². The molecule has 0 heterocycles. The topological polar surface area (TPSA) is 55.6 Å². The van der Waals surface area contributed by atoms with Crippen LogP contribution in [0.1, 0.15) is 26.7 Å². The number of hydrogen-bond donors (Lipinski definition) is 0. The Labute approximate surface area is 128 Å². The van der Waals surface area contributed by atoms with Gasteiger partial charge in [0.15, 0.2) is 0 Å². The Morgan fingerprint density at radius 2 is 2.05 bits per heavy atom. The maximum Gasteiger partial charge on any atom is 0.293 e. The molecule has 0 bridgehead atoms. The molecule has 0 saturated carbocycles. The summed E-state index contributed by atoms with van der Waals surface area (Å²) in [5, 5.41) is 11.3. The number of hydrogen-bond acceptors (Lipinski definition) is 4. The van der Waals surface area contributed by atoms with Gasteiger partial charge in [-0.15, -0.1) is 0 Å². The van der Waals surface area contributed by atoms with Crippen LogP contribution < -0.4 is 4.90 Å². The van der Waals surface area contributed by atoms with Crippen LogP contribution in [-0.4, -0.2) is 31.2 Å². The quantitative estimate of drug-likeness (QED) is 0.528. The van der Waals surface area contributed by atoms with E-state index in [1.165, 1.54) is 0 Å². The average Bonchev–Trinajstić information content (AvgIpc) is 2.43. The fraction of sp³-hybridized carbons (Fsp3) is 0.571. The molecule has 0 fully saturated rings. The molecule has 1 rings (SSSR count). The number of nitro benzene ring substituents is 1. The van der Waals surface area contributed by atoms with Crippen molar-refractivity contribution < 1.29 is 9.66 Å². The third kappa shape index (κ3) is 4.18. The van der Waals surface area contributed by atoms with Crippen LogP contribution in [0.25, 0.3) is 0 Å². The largest absolute Gasteiger partial charge is 0.383 e. The maximum atomic E-state index is 11.3. The molecule has 6 heteroatoms. The first-order valence-electron chi connectivity index (χ1n) is 6.74. The predicted molar refractivity (Wildman–Crippen MR) is 84.4 cm³/mol. The Balaban J connectivity index is 3.21. The molecule has 0 aliphatic carbocycles. The fourth-order valence-electron chi connectivity index (χ4n) is 2.30. The predicted octanol–water partition coefficient (Wildman–Crippen LogP) is 4.00. The second-order valence-electron chi connectivity index (χ2n) is 4.55. The van der Waals surface area contributed by atoms with Crippen LogP contribution in [0.3, 0.4) is 0 Å². The standard InChI is InChI=1S/C14H21BrN2O3/c1-4-12(5-2)16(8-9-20-3)13-7-6-11(15)10-14(13)17(18)19/h6-7,10,12H,4-5,8-9H2,1-3H3. The second-order valence-corrected chi connectivity index (χ2v) is 5.46. The first-order chi connectivity index (χ1) is 9.54. The lowest BCUT2D eigenvalue weighted by Crippen LogP contribution is -2.37. The third-order valence-electron chi connectivity index (χ3n) is 3.36. The van der Waals surface area contributed by atoms with Crippen molar-refractivity contribution in [1.29, 1.82) is 0 Å². The van der Waals surface area contributed by atoms with Gasteiger partial charge in [0.05, 0.1) is 11.5 Å². The van der Waals surface area contributed by atoms with E-state index in [2.05, 4.69) is 34.7 Å². The second kappa shape index (κ2) is 8.21. The molecule has 1 aromatic carbocycles. The van der Waals surface area contributed by atoms with Crippen molar-refractivity contribution in [1.82, 2.24) is 0 Å². The molecule has 5 nitrogen and oxygen atoms in total. The summed E-state index contributed by atoms with van der Waals surface area (Å²) in [6.45, 7) is 5.38. The van der Waals surface area contributed by atoms with Gasteiger partial charge in [0.1, 0.15) is 5.69 Å². The molecule has 0 atom stereocenters. The average molecular weight is 345 g/mol. The van der Waals surface area contributed by atoms with E-state index in [1.807, 2.05) is 6.07 Å². The van der Waals surface area contributed by atoms with Crippen molar-refractivity contribution in [2.45, 2.75) is 32.7 Å². The zero-order valence-electron chi connectivity index (χ0n) is 12.1. The number of anilines is 1. The van der Waals surface area contributed by atoms with Crippen LogP contribution in [0.4, 0.5) is 11.4 Å². The monoisotopic (exact) mass is 344 g/mol. The number of benzene rings is 1. The van der Waals surface area contributed by atoms with E-state index in [0.29, 0.717) is 23.3 Å². The van der Waals surface area contributed by atoms with Crippen molar-refractivity contribution in [3.05, 3.63) is 32.8 Å². The van der Waals surface area contributed by atoms with Crippen LogP contribution in [0.15, 0.2) is 22.7 Å². The molecular weight excluding hydrogens is 324 g/mol. The number of rotatable bonds is 8. The summed E-state index contributed by atoms with van der Waals surface area (Å²) in [6, 6.07) is 5.46. The van der Waals surface area contributed by atoms with Crippen molar-refractivity contribution >= 4 is 27.3 Å². The van der Waals surface area contributed by atoms with Crippen LogP contribution in [0.2, 0.25) is 0 Å². The van der Waals surface area contributed by atoms with Gasteiger partial charge in [0.25, 0.3) is 5.69 Å². The highest BCUT2D eigenvalue weighted by molar-refractivity contribution is 9.10. The summed E-state index contributed by atoms with van der Waals surface area (Å²) >= 11 is 3.29. The maximum absolute atomic E-state index is 11.3. The Morgan fingerprint density at radius 1 is 1.40 bits per heavy atom. The molecule has 0 spiro atoms. The number of nitrogens with zero attached hydrogens (tertiary/aromatic N) is 2. The first kappa shape index (κ1) is 16.9. The van der Waals surface area contributed by atoms with Gasteiger partial charge < -0.3 is 9.64 Å². The molecule has 0 amide bonds. The Morgan fingerprint density at radius 3 is 2.55 bits per heavy atom. The van der Waals surface area contributed by atoms with Crippen molar-refractivity contribution in [2.75, 3.05) is 25.2 Å². The smallest absolute Gasteiger partial charge is 0.293 e. The highest BCUT2D eigenvalue weighted by atomic mass is 79.9. The molecule has 0 unspecified atom stereocenters. The van der Waals surface area contributed by atoms with Gasteiger partial charge in [-0.25, -0.2) is 0 Å². The molecule has 112 valence electrons. The number of halogens is 1. The molecule has 1 aromatic rings. The molecule has 20 heavy (non-hydrogen) atoms. The van der Waals surface area contributed by atoms with Gasteiger partial charge in [0.2, 0.25) is 0 Å². The molecule has 0 saturated heterocycles. The lowest BCUT2D eigenvalue weighted by atomic mass is 10.1. The summed E-state index contributed by atoms with van der Waals surface area (Å²) in [5.41, 5.74) is 0.784. The molecule has 0 aliphatic heterocycles. The molecule has 0 N–H and O–H groups in total. The van der Waals surface area contributed by atoms with E-state index < -0.39 is 0 Å². The zero-order chi connectivity index (χ0) is 15.1. The van der Waals surface area contributed by atoms with Gasteiger partial charge in [-0.05, 0) is 25.0 Å². The number of methoxy groups -OCH3 is 1. The third-order valence-corrected chi connectivity index (χ3v) is 3.86. The number of ether oxygens (including phenoxy) is 1. The lowest BCUT2D eigenvalue weighted by molar-refractivity contribution is -0.384. The van der Waals surface area contributed by atoms with E-state index in [4.69, 9.17) is 4.74 Å². The molecule has 0 aliphatic rings. The van der Waals surface area contributed by atoms with Gasteiger partial charge in [0, 0.05) is 30.2 Å². The molecular formula is C14H21BrN2O3. The highest BCUT2D eigenvalue weighted by Gasteiger charge is 2.24. The Kier molecular flexibility index (Phi) is 6.95. The fourth-order valence-corrected chi connectivity index (χ4v) is 2.65. The van der Waals surface area contributed by atoms with Gasteiger partial charge in [-0.2, -0.15) is 0 Å². The van der Waals surface area contributed by atoms with Crippen LogP contribution in [-0.2, 0) is 4.74 Å². The summed E-state index contributed by atoms with van der Waals surface area (Å²) in [5.74, 6) is 0. The normalized spacial score (nSPS) is 10.8. The number of nitro groups is 1. The summed E-state index contributed by atoms with van der Waals surface area (Å²) in [7, 11) is 1.64. The van der Waals surface area contributed by atoms with E-state index in [9.17, 15) is 10.1 Å². The minimum Gasteiger partial charge on any atom is -0.383 e. The van der Waals surface area contributed by atoms with Crippen LogP contribution in [0, 0.1) is 10.1 Å². The van der Waals surface area contributed by atoms with E-state index >= 15 is 0 Å². The van der Waals surface area contributed by atoms with Crippen LogP contribution in [0.5, 0.6) is 0 Å². The van der Waals surface area contributed by atoms with Gasteiger partial charge in [-0.1, -0.05) is 29.8 Å². The first-order valence-corrected chi connectivity index (χ1v) is 7.53. The lowest BCUT2D eigenvalue weighted by Gasteiger charge is -2.32. The van der Waals surface area contributed by atoms with Crippen LogP contribution >= 0.6 is 15.9 Å². The molecule has 0 radical (unpaired) electrons. The minimum absolute atomic E-state index is 0.127. The molecule has 0 aromatic heterocycles. The van der Waals surface area contributed by atoms with Crippen molar-refractivity contribution in [3.8, 4) is 0 Å². The van der Waals surface area contributed by atoms with E-state index in [0.717, 1.165) is 12.8 Å². The van der Waals surface area contributed by atoms with E-state index in [-0.39, 0.29) is 16.7 Å². The minimum atomic E-state index is -0.331.